The van der Waals surface area contributed by atoms with E-state index in [0.29, 0.717) is 11.0 Å². The highest BCUT2D eigenvalue weighted by Crippen LogP contribution is 2.24. The van der Waals surface area contributed by atoms with Gasteiger partial charge < -0.3 is 10.6 Å². The quantitative estimate of drug-likeness (QED) is 0.801. The Morgan fingerprint density at radius 1 is 1.28 bits per heavy atom. The monoisotopic (exact) mass is 328 g/mol. The SMILES string of the molecule is Cc1cc(Br)cc(C)c1NC(=S)NCCC(C)C. The summed E-state index contributed by atoms with van der Waals surface area (Å²) in [5.74, 6) is 0.691. The van der Waals surface area contributed by atoms with Gasteiger partial charge in [0, 0.05) is 16.7 Å². The number of benzene rings is 1. The molecule has 2 nitrogen and oxygen atoms in total. The fourth-order valence-corrected chi connectivity index (χ4v) is 2.63. The molecule has 0 fully saturated rings. The minimum atomic E-state index is 0.691. The molecule has 0 saturated carbocycles. The van der Waals surface area contributed by atoms with Gasteiger partial charge in [0.2, 0.25) is 0 Å². The predicted molar refractivity (Wildman–Crippen MR) is 87.3 cm³/mol. The van der Waals surface area contributed by atoms with E-state index in [9.17, 15) is 0 Å². The highest BCUT2D eigenvalue weighted by atomic mass is 79.9. The smallest absolute Gasteiger partial charge is 0.170 e. The maximum Gasteiger partial charge on any atom is 0.170 e. The van der Waals surface area contributed by atoms with E-state index in [0.717, 1.165) is 23.1 Å². The van der Waals surface area contributed by atoms with Gasteiger partial charge >= 0.3 is 0 Å². The molecule has 0 aromatic heterocycles. The standard InChI is InChI=1S/C14H21BrN2S/c1-9(2)5-6-16-14(18)17-13-10(3)7-12(15)8-11(13)4/h7-9H,5-6H2,1-4H3,(H2,16,17,18). The summed E-state index contributed by atoms with van der Waals surface area (Å²) >= 11 is 8.80. The Balaban J connectivity index is 2.59. The zero-order valence-corrected chi connectivity index (χ0v) is 13.8. The molecule has 100 valence electrons. The first kappa shape index (κ1) is 15.4. The fourth-order valence-electron chi connectivity index (χ4n) is 1.74. The van der Waals surface area contributed by atoms with Crippen molar-refractivity contribution < 1.29 is 0 Å². The Bertz CT molecular complexity index is 407. The maximum atomic E-state index is 5.31. The van der Waals surface area contributed by atoms with Crippen LogP contribution in [0.2, 0.25) is 0 Å². The second-order valence-corrected chi connectivity index (χ2v) is 6.30. The molecule has 0 heterocycles. The van der Waals surface area contributed by atoms with E-state index in [1.165, 1.54) is 11.1 Å². The minimum Gasteiger partial charge on any atom is -0.362 e. The molecular formula is C14H21BrN2S. The first-order chi connectivity index (χ1) is 8.40. The third-order valence-electron chi connectivity index (χ3n) is 2.74. The van der Waals surface area contributed by atoms with Gasteiger partial charge in [0.15, 0.2) is 5.11 Å². The van der Waals surface area contributed by atoms with Crippen molar-refractivity contribution in [3.05, 3.63) is 27.7 Å². The van der Waals surface area contributed by atoms with Crippen LogP contribution in [0, 0.1) is 19.8 Å². The maximum absolute atomic E-state index is 5.31. The number of hydrogen-bond donors (Lipinski definition) is 2. The Labute approximate surface area is 124 Å². The van der Waals surface area contributed by atoms with Crippen LogP contribution >= 0.6 is 28.1 Å². The van der Waals surface area contributed by atoms with Crippen molar-refractivity contribution in [2.45, 2.75) is 34.1 Å². The van der Waals surface area contributed by atoms with Gasteiger partial charge in [0.05, 0.1) is 0 Å². The van der Waals surface area contributed by atoms with Crippen molar-refractivity contribution in [3.8, 4) is 0 Å². The molecule has 0 bridgehead atoms. The summed E-state index contributed by atoms with van der Waals surface area (Å²) in [6, 6.07) is 4.18. The number of anilines is 1. The van der Waals surface area contributed by atoms with E-state index in [2.05, 4.69) is 66.4 Å². The number of rotatable bonds is 4. The van der Waals surface area contributed by atoms with E-state index in [1.54, 1.807) is 0 Å². The first-order valence-corrected chi connectivity index (χ1v) is 7.42. The number of halogens is 1. The lowest BCUT2D eigenvalue weighted by molar-refractivity contribution is 0.579. The Morgan fingerprint density at radius 2 is 1.83 bits per heavy atom. The van der Waals surface area contributed by atoms with Crippen LogP contribution in [0.4, 0.5) is 5.69 Å². The van der Waals surface area contributed by atoms with Crippen LogP contribution in [0.1, 0.15) is 31.4 Å². The number of nitrogens with one attached hydrogen (secondary N) is 2. The largest absolute Gasteiger partial charge is 0.362 e. The fraction of sp³-hybridized carbons (Fsp3) is 0.500. The van der Waals surface area contributed by atoms with E-state index >= 15 is 0 Å². The summed E-state index contributed by atoms with van der Waals surface area (Å²) in [4.78, 5) is 0. The highest BCUT2D eigenvalue weighted by molar-refractivity contribution is 9.10. The lowest BCUT2D eigenvalue weighted by Gasteiger charge is -2.15. The van der Waals surface area contributed by atoms with Gasteiger partial charge in [0.25, 0.3) is 0 Å². The Hall–Kier alpha value is -0.610. The summed E-state index contributed by atoms with van der Waals surface area (Å²) in [6.07, 6.45) is 1.13. The first-order valence-electron chi connectivity index (χ1n) is 6.21. The third-order valence-corrected chi connectivity index (χ3v) is 3.45. The van der Waals surface area contributed by atoms with E-state index in [4.69, 9.17) is 12.2 Å². The molecule has 0 radical (unpaired) electrons. The second-order valence-electron chi connectivity index (χ2n) is 4.98. The van der Waals surface area contributed by atoms with Gasteiger partial charge in [-0.1, -0.05) is 29.8 Å². The average molecular weight is 329 g/mol. The molecule has 4 heteroatoms. The molecule has 1 aromatic rings. The van der Waals surface area contributed by atoms with Crippen LogP contribution in [-0.4, -0.2) is 11.7 Å². The summed E-state index contributed by atoms with van der Waals surface area (Å²) in [7, 11) is 0. The molecule has 0 unspecified atom stereocenters. The molecule has 0 amide bonds. The van der Waals surface area contributed by atoms with Gasteiger partial charge in [-0.3, -0.25) is 0 Å². The van der Waals surface area contributed by atoms with Gasteiger partial charge in [-0.25, -0.2) is 0 Å². The van der Waals surface area contributed by atoms with Crippen molar-refractivity contribution in [2.24, 2.45) is 5.92 Å². The second kappa shape index (κ2) is 7.10. The molecule has 18 heavy (non-hydrogen) atoms. The molecule has 0 spiro atoms. The lowest BCUT2D eigenvalue weighted by atomic mass is 10.1. The normalized spacial score (nSPS) is 10.6. The van der Waals surface area contributed by atoms with Crippen LogP contribution in [0.5, 0.6) is 0 Å². The van der Waals surface area contributed by atoms with E-state index < -0.39 is 0 Å². The predicted octanol–water partition coefficient (Wildman–Crippen LogP) is 4.40. The van der Waals surface area contributed by atoms with Crippen LogP contribution in [0.15, 0.2) is 16.6 Å². The van der Waals surface area contributed by atoms with Crippen molar-refractivity contribution >= 4 is 38.9 Å². The number of hydrogen-bond acceptors (Lipinski definition) is 1. The van der Waals surface area contributed by atoms with E-state index in [1.807, 2.05) is 0 Å². The Kier molecular flexibility index (Phi) is 6.09. The van der Waals surface area contributed by atoms with Gasteiger partial charge in [-0.15, -0.1) is 0 Å². The molecular weight excluding hydrogens is 308 g/mol. The molecule has 0 saturated heterocycles. The van der Waals surface area contributed by atoms with Crippen molar-refractivity contribution in [1.29, 1.82) is 0 Å². The lowest BCUT2D eigenvalue weighted by Crippen LogP contribution is -2.30. The van der Waals surface area contributed by atoms with Crippen molar-refractivity contribution in [2.75, 3.05) is 11.9 Å². The topological polar surface area (TPSA) is 24.1 Å². The van der Waals surface area contributed by atoms with Crippen LogP contribution in [0.3, 0.4) is 0 Å². The molecule has 0 aliphatic heterocycles. The summed E-state index contributed by atoms with van der Waals surface area (Å²) in [5, 5.41) is 7.22. The molecule has 0 atom stereocenters. The Morgan fingerprint density at radius 3 is 2.33 bits per heavy atom. The van der Waals surface area contributed by atoms with Gasteiger partial charge in [-0.05, 0) is 61.7 Å². The van der Waals surface area contributed by atoms with Crippen molar-refractivity contribution in [1.82, 2.24) is 5.32 Å². The number of thiocarbonyl (C=S) groups is 1. The van der Waals surface area contributed by atoms with Crippen molar-refractivity contribution in [3.63, 3.8) is 0 Å². The molecule has 1 rings (SSSR count). The zero-order valence-electron chi connectivity index (χ0n) is 11.4. The third kappa shape index (κ3) is 4.94. The van der Waals surface area contributed by atoms with Crippen LogP contribution in [0.25, 0.3) is 0 Å². The molecule has 0 aliphatic carbocycles. The van der Waals surface area contributed by atoms with Crippen LogP contribution < -0.4 is 10.6 Å². The summed E-state index contributed by atoms with van der Waals surface area (Å²) in [5.41, 5.74) is 3.48. The summed E-state index contributed by atoms with van der Waals surface area (Å²) in [6.45, 7) is 9.49. The van der Waals surface area contributed by atoms with Crippen LogP contribution in [-0.2, 0) is 0 Å². The molecule has 2 N–H and O–H groups in total. The average Bonchev–Trinajstić information content (AvgIpc) is 2.22. The molecule has 1 aromatic carbocycles. The minimum absolute atomic E-state index is 0.691. The zero-order chi connectivity index (χ0) is 13.7. The number of aryl methyl sites for hydroxylation is 2. The molecule has 0 aliphatic rings. The highest BCUT2D eigenvalue weighted by Gasteiger charge is 2.06. The van der Waals surface area contributed by atoms with Gasteiger partial charge in [-0.2, -0.15) is 0 Å². The summed E-state index contributed by atoms with van der Waals surface area (Å²) < 4.78 is 1.10. The van der Waals surface area contributed by atoms with E-state index in [-0.39, 0.29) is 0 Å². The van der Waals surface area contributed by atoms with Gasteiger partial charge in [0.1, 0.15) is 0 Å².